The fourth-order valence-electron chi connectivity index (χ4n) is 3.25. The summed E-state index contributed by atoms with van der Waals surface area (Å²) in [6.07, 6.45) is 7.59. The van der Waals surface area contributed by atoms with E-state index in [1.54, 1.807) is 6.07 Å². The molecule has 0 aliphatic heterocycles. The van der Waals surface area contributed by atoms with Gasteiger partial charge in [0, 0.05) is 11.7 Å². The van der Waals surface area contributed by atoms with Crippen molar-refractivity contribution in [3.63, 3.8) is 0 Å². The lowest BCUT2D eigenvalue weighted by atomic mass is 10.1. The van der Waals surface area contributed by atoms with E-state index in [0.717, 1.165) is 11.6 Å². The second kappa shape index (κ2) is 9.35. The van der Waals surface area contributed by atoms with Crippen LogP contribution in [0.15, 0.2) is 36.4 Å². The predicted octanol–water partition coefficient (Wildman–Crippen LogP) is 4.65. The van der Waals surface area contributed by atoms with Gasteiger partial charge in [0.1, 0.15) is 11.6 Å². The second-order valence-corrected chi connectivity index (χ2v) is 7.28. The van der Waals surface area contributed by atoms with Gasteiger partial charge in [0.2, 0.25) is 0 Å². The first-order chi connectivity index (χ1) is 13.1. The molecule has 0 spiro atoms. The maximum absolute atomic E-state index is 12.4. The highest BCUT2D eigenvalue weighted by atomic mass is 16.5. The Morgan fingerprint density at radius 3 is 2.30 bits per heavy atom. The summed E-state index contributed by atoms with van der Waals surface area (Å²) in [7, 11) is 0. The number of amides is 1. The fraction of sp³-hybridized carbons (Fsp3) is 0.476. The molecule has 0 saturated heterocycles. The first kappa shape index (κ1) is 19.1. The molecule has 0 unspecified atom stereocenters. The normalized spacial score (nSPS) is 15.2. The van der Waals surface area contributed by atoms with E-state index in [1.165, 1.54) is 38.5 Å². The number of hydrogen-bond acceptors (Lipinski definition) is 5. The molecule has 1 heterocycles. The van der Waals surface area contributed by atoms with Crippen LogP contribution in [0.4, 0.5) is 11.5 Å². The maximum Gasteiger partial charge on any atom is 0.276 e. The summed E-state index contributed by atoms with van der Waals surface area (Å²) in [6, 6.07) is 11.3. The minimum absolute atomic E-state index is 0.117. The molecule has 1 aliphatic carbocycles. The Labute approximate surface area is 160 Å². The Morgan fingerprint density at radius 1 is 1.00 bits per heavy atom. The van der Waals surface area contributed by atoms with Crippen LogP contribution < -0.4 is 15.4 Å². The van der Waals surface area contributed by atoms with Crippen LogP contribution in [0.2, 0.25) is 0 Å². The lowest BCUT2D eigenvalue weighted by Crippen LogP contribution is -2.20. The van der Waals surface area contributed by atoms with E-state index in [1.807, 2.05) is 44.2 Å². The molecule has 1 aromatic carbocycles. The molecule has 1 aromatic heterocycles. The zero-order chi connectivity index (χ0) is 19.1. The van der Waals surface area contributed by atoms with Crippen molar-refractivity contribution >= 4 is 17.4 Å². The average Bonchev–Trinajstić information content (AvgIpc) is 2.92. The van der Waals surface area contributed by atoms with Gasteiger partial charge in [-0.3, -0.25) is 4.79 Å². The summed E-state index contributed by atoms with van der Waals surface area (Å²) in [5.41, 5.74) is 0.988. The van der Waals surface area contributed by atoms with Gasteiger partial charge < -0.3 is 15.4 Å². The highest BCUT2D eigenvalue weighted by Gasteiger charge is 2.14. The molecular formula is C21H28N4O2. The largest absolute Gasteiger partial charge is 0.491 e. The summed E-state index contributed by atoms with van der Waals surface area (Å²) in [6.45, 7) is 3.95. The van der Waals surface area contributed by atoms with Gasteiger partial charge in [0.15, 0.2) is 5.69 Å². The van der Waals surface area contributed by atoms with Gasteiger partial charge in [-0.15, -0.1) is 10.2 Å². The van der Waals surface area contributed by atoms with Gasteiger partial charge in [-0.05, 0) is 63.1 Å². The monoisotopic (exact) mass is 368 g/mol. The molecule has 1 aliphatic rings. The highest BCUT2D eigenvalue weighted by Crippen LogP contribution is 2.20. The molecule has 0 atom stereocenters. The molecule has 0 bridgehead atoms. The summed E-state index contributed by atoms with van der Waals surface area (Å²) in [5, 5.41) is 14.5. The third-order valence-corrected chi connectivity index (χ3v) is 4.59. The average molecular weight is 368 g/mol. The number of aromatic nitrogens is 2. The second-order valence-electron chi connectivity index (χ2n) is 7.28. The third-order valence-electron chi connectivity index (χ3n) is 4.59. The van der Waals surface area contributed by atoms with Crippen LogP contribution >= 0.6 is 0 Å². The van der Waals surface area contributed by atoms with E-state index in [9.17, 15) is 4.79 Å². The van der Waals surface area contributed by atoms with E-state index in [4.69, 9.17) is 4.74 Å². The van der Waals surface area contributed by atoms with E-state index < -0.39 is 0 Å². The molecule has 6 nitrogen and oxygen atoms in total. The number of rotatable bonds is 6. The molecule has 2 N–H and O–H groups in total. The number of nitrogens with one attached hydrogen (secondary N) is 2. The summed E-state index contributed by atoms with van der Waals surface area (Å²) < 4.78 is 5.60. The van der Waals surface area contributed by atoms with Crippen molar-refractivity contribution in [3.8, 4) is 5.75 Å². The topological polar surface area (TPSA) is 76.1 Å². The Bertz CT molecular complexity index is 721. The third kappa shape index (κ3) is 5.94. The van der Waals surface area contributed by atoms with E-state index in [2.05, 4.69) is 20.8 Å². The van der Waals surface area contributed by atoms with Crippen LogP contribution in [-0.4, -0.2) is 28.3 Å². The number of hydrogen-bond donors (Lipinski definition) is 2. The number of benzene rings is 1. The van der Waals surface area contributed by atoms with Crippen LogP contribution in [0, 0.1) is 0 Å². The minimum Gasteiger partial charge on any atom is -0.491 e. The summed E-state index contributed by atoms with van der Waals surface area (Å²) >= 11 is 0. The molecule has 6 heteroatoms. The summed E-state index contributed by atoms with van der Waals surface area (Å²) in [5.74, 6) is 1.23. The molecule has 1 saturated carbocycles. The molecule has 0 radical (unpaired) electrons. The van der Waals surface area contributed by atoms with Gasteiger partial charge in [-0.25, -0.2) is 0 Å². The Kier molecular flexibility index (Phi) is 6.63. The van der Waals surface area contributed by atoms with Gasteiger partial charge >= 0.3 is 0 Å². The number of carbonyl (C=O) groups is 1. The van der Waals surface area contributed by atoms with Crippen molar-refractivity contribution in [3.05, 3.63) is 42.1 Å². The van der Waals surface area contributed by atoms with Gasteiger partial charge in [-0.1, -0.05) is 25.7 Å². The van der Waals surface area contributed by atoms with Crippen molar-refractivity contribution in [2.45, 2.75) is 64.5 Å². The first-order valence-electron chi connectivity index (χ1n) is 9.78. The molecule has 144 valence electrons. The quantitative estimate of drug-likeness (QED) is 0.726. The van der Waals surface area contributed by atoms with Crippen molar-refractivity contribution in [1.29, 1.82) is 0 Å². The standard InChI is InChI=1S/C21H28N4O2/c1-15(2)27-18-11-9-17(10-12-18)23-21(26)19-13-14-20(25-24-19)22-16-7-5-3-4-6-8-16/h9-16H,3-8H2,1-2H3,(H,22,25)(H,23,26). The van der Waals surface area contributed by atoms with E-state index in [0.29, 0.717) is 17.4 Å². The van der Waals surface area contributed by atoms with E-state index >= 15 is 0 Å². The maximum atomic E-state index is 12.4. The van der Waals surface area contributed by atoms with Crippen molar-refractivity contribution in [2.24, 2.45) is 0 Å². The smallest absolute Gasteiger partial charge is 0.276 e. The zero-order valence-corrected chi connectivity index (χ0v) is 16.1. The van der Waals surface area contributed by atoms with Crippen LogP contribution in [0.3, 0.4) is 0 Å². The van der Waals surface area contributed by atoms with Crippen molar-refractivity contribution in [2.75, 3.05) is 10.6 Å². The highest BCUT2D eigenvalue weighted by molar-refractivity contribution is 6.02. The lowest BCUT2D eigenvalue weighted by Gasteiger charge is -2.16. The minimum atomic E-state index is -0.277. The zero-order valence-electron chi connectivity index (χ0n) is 16.1. The van der Waals surface area contributed by atoms with Crippen molar-refractivity contribution < 1.29 is 9.53 Å². The van der Waals surface area contributed by atoms with E-state index in [-0.39, 0.29) is 12.0 Å². The molecule has 1 fully saturated rings. The molecule has 1 amide bonds. The predicted molar refractivity (Wildman–Crippen MR) is 107 cm³/mol. The van der Waals surface area contributed by atoms with Gasteiger partial charge in [-0.2, -0.15) is 0 Å². The number of nitrogens with zero attached hydrogens (tertiary/aromatic N) is 2. The molecule has 2 aromatic rings. The number of carbonyl (C=O) groups excluding carboxylic acids is 1. The van der Waals surface area contributed by atoms with Crippen molar-refractivity contribution in [1.82, 2.24) is 10.2 Å². The van der Waals surface area contributed by atoms with Gasteiger partial charge in [0.05, 0.1) is 6.10 Å². The van der Waals surface area contributed by atoms with Crippen LogP contribution in [-0.2, 0) is 0 Å². The molecular weight excluding hydrogens is 340 g/mol. The Morgan fingerprint density at radius 2 is 1.70 bits per heavy atom. The number of ether oxygens (including phenoxy) is 1. The lowest BCUT2D eigenvalue weighted by molar-refractivity contribution is 0.102. The molecule has 27 heavy (non-hydrogen) atoms. The first-order valence-corrected chi connectivity index (χ1v) is 9.78. The SMILES string of the molecule is CC(C)Oc1ccc(NC(=O)c2ccc(NC3CCCCCC3)nn2)cc1. The van der Waals surface area contributed by atoms with Crippen LogP contribution in [0.25, 0.3) is 0 Å². The number of anilines is 2. The summed E-state index contributed by atoms with van der Waals surface area (Å²) in [4.78, 5) is 12.4. The molecule has 3 rings (SSSR count). The van der Waals surface area contributed by atoms with Crippen LogP contribution in [0.5, 0.6) is 5.75 Å². The fourth-order valence-corrected chi connectivity index (χ4v) is 3.25. The van der Waals surface area contributed by atoms with Gasteiger partial charge in [0.25, 0.3) is 5.91 Å². The Hall–Kier alpha value is -2.63. The van der Waals surface area contributed by atoms with Crippen LogP contribution in [0.1, 0.15) is 62.9 Å². The Balaban J connectivity index is 1.55.